The molecule has 3 nitrogen and oxygen atoms in total. The van der Waals surface area contributed by atoms with Crippen LogP contribution in [0.3, 0.4) is 0 Å². The highest BCUT2D eigenvalue weighted by atomic mass is 32.1. The molecule has 2 aromatic rings. The fourth-order valence-corrected chi connectivity index (χ4v) is 2.64. The van der Waals surface area contributed by atoms with Gasteiger partial charge in [0.05, 0.1) is 5.69 Å². The Labute approximate surface area is 129 Å². The molecule has 0 bridgehead atoms. The van der Waals surface area contributed by atoms with Gasteiger partial charge in [-0.1, -0.05) is 13.3 Å². The van der Waals surface area contributed by atoms with E-state index >= 15 is 0 Å². The largest absolute Gasteiger partial charge is 0.486 e. The molecule has 114 valence electrons. The van der Waals surface area contributed by atoms with Crippen molar-refractivity contribution in [1.82, 2.24) is 9.88 Å². The minimum atomic E-state index is -0.256. The van der Waals surface area contributed by atoms with Gasteiger partial charge in [-0.05, 0) is 44.3 Å². The first-order valence-corrected chi connectivity index (χ1v) is 8.05. The number of hydrogen-bond donors (Lipinski definition) is 0. The molecule has 0 fully saturated rings. The highest BCUT2D eigenvalue weighted by molar-refractivity contribution is 7.09. The minimum Gasteiger partial charge on any atom is -0.486 e. The molecule has 1 heterocycles. The third-order valence-corrected chi connectivity index (χ3v) is 3.97. The zero-order chi connectivity index (χ0) is 15.1. The van der Waals surface area contributed by atoms with E-state index in [-0.39, 0.29) is 5.82 Å². The topological polar surface area (TPSA) is 25.4 Å². The fraction of sp³-hybridized carbons (Fsp3) is 0.438. The Morgan fingerprint density at radius 3 is 2.76 bits per heavy atom. The second kappa shape index (κ2) is 8.10. The van der Waals surface area contributed by atoms with Gasteiger partial charge in [0.2, 0.25) is 0 Å². The number of hydrogen-bond acceptors (Lipinski definition) is 4. The molecule has 0 atom stereocenters. The van der Waals surface area contributed by atoms with Gasteiger partial charge in [-0.2, -0.15) is 0 Å². The molecule has 0 saturated heterocycles. The van der Waals surface area contributed by atoms with Crippen molar-refractivity contribution in [2.24, 2.45) is 0 Å². The van der Waals surface area contributed by atoms with Gasteiger partial charge in [-0.15, -0.1) is 11.3 Å². The fourth-order valence-electron chi connectivity index (χ4n) is 1.95. The molecule has 0 amide bonds. The molecule has 0 aliphatic rings. The molecule has 0 radical (unpaired) electrons. The van der Waals surface area contributed by atoms with Crippen LogP contribution in [0, 0.1) is 5.82 Å². The summed E-state index contributed by atoms with van der Waals surface area (Å²) in [7, 11) is 2.11. The van der Waals surface area contributed by atoms with E-state index in [4.69, 9.17) is 4.74 Å². The zero-order valence-corrected chi connectivity index (χ0v) is 13.3. The Morgan fingerprint density at radius 2 is 2.05 bits per heavy atom. The molecule has 5 heteroatoms. The average Bonchev–Trinajstić information content (AvgIpc) is 2.92. The second-order valence-corrected chi connectivity index (χ2v) is 6.01. The van der Waals surface area contributed by atoms with Crippen LogP contribution in [0.25, 0.3) is 0 Å². The summed E-state index contributed by atoms with van der Waals surface area (Å²) in [5.41, 5.74) is 1.08. The van der Waals surface area contributed by atoms with E-state index in [1.54, 1.807) is 23.5 Å². The summed E-state index contributed by atoms with van der Waals surface area (Å²) in [6, 6.07) is 6.04. The molecule has 0 unspecified atom stereocenters. The van der Waals surface area contributed by atoms with Crippen LogP contribution in [0.2, 0.25) is 0 Å². The SMILES string of the molecule is CCCCN(C)Cc1csc(COc2ccc(F)cc2)n1. The molecule has 1 aromatic heterocycles. The normalized spacial score (nSPS) is 11.0. The van der Waals surface area contributed by atoms with E-state index in [2.05, 4.69) is 29.2 Å². The first-order chi connectivity index (χ1) is 10.2. The standard InChI is InChI=1S/C16H21FN2OS/c1-3-4-9-19(2)10-14-12-21-16(18-14)11-20-15-7-5-13(17)6-8-15/h5-8,12H,3-4,9-11H2,1-2H3. The number of halogens is 1. The van der Waals surface area contributed by atoms with Crippen LogP contribution in [-0.4, -0.2) is 23.5 Å². The maximum absolute atomic E-state index is 12.8. The molecule has 1 aromatic carbocycles. The van der Waals surface area contributed by atoms with Gasteiger partial charge in [0.1, 0.15) is 23.2 Å². The maximum atomic E-state index is 12.8. The van der Waals surface area contributed by atoms with Crippen molar-refractivity contribution >= 4 is 11.3 Å². The van der Waals surface area contributed by atoms with Crippen molar-refractivity contribution < 1.29 is 9.13 Å². The number of benzene rings is 1. The summed E-state index contributed by atoms with van der Waals surface area (Å²) in [6.07, 6.45) is 2.42. The van der Waals surface area contributed by atoms with Crippen molar-refractivity contribution in [3.8, 4) is 5.75 Å². The molecule has 0 saturated carbocycles. The van der Waals surface area contributed by atoms with Gasteiger partial charge >= 0.3 is 0 Å². The summed E-state index contributed by atoms with van der Waals surface area (Å²) in [4.78, 5) is 6.85. The molecule has 0 N–H and O–H groups in total. The highest BCUT2D eigenvalue weighted by Crippen LogP contribution is 2.16. The third kappa shape index (κ3) is 5.44. The molecule has 2 rings (SSSR count). The van der Waals surface area contributed by atoms with Gasteiger partial charge in [0.25, 0.3) is 0 Å². The predicted molar refractivity (Wildman–Crippen MR) is 84.1 cm³/mol. The van der Waals surface area contributed by atoms with Gasteiger partial charge in [0.15, 0.2) is 0 Å². The Bertz CT molecular complexity index is 541. The van der Waals surface area contributed by atoms with Crippen LogP contribution in [-0.2, 0) is 13.2 Å². The van der Waals surface area contributed by atoms with Crippen LogP contribution >= 0.6 is 11.3 Å². The van der Waals surface area contributed by atoms with Crippen molar-refractivity contribution in [1.29, 1.82) is 0 Å². The number of nitrogens with zero attached hydrogens (tertiary/aromatic N) is 2. The van der Waals surface area contributed by atoms with Gasteiger partial charge in [0, 0.05) is 11.9 Å². The Balaban J connectivity index is 1.81. The van der Waals surface area contributed by atoms with Crippen LogP contribution in [0.4, 0.5) is 4.39 Å². The predicted octanol–water partition coefficient (Wildman–Crippen LogP) is 4.09. The first kappa shape index (κ1) is 15.9. The first-order valence-electron chi connectivity index (χ1n) is 7.17. The lowest BCUT2D eigenvalue weighted by Crippen LogP contribution is -2.19. The number of rotatable bonds is 8. The molecular weight excluding hydrogens is 287 g/mol. The van der Waals surface area contributed by atoms with Crippen LogP contribution in [0.1, 0.15) is 30.5 Å². The third-order valence-electron chi connectivity index (χ3n) is 3.10. The Hall–Kier alpha value is -1.46. The molecule has 0 aliphatic heterocycles. The zero-order valence-electron chi connectivity index (χ0n) is 12.5. The summed E-state index contributed by atoms with van der Waals surface area (Å²) in [6.45, 7) is 4.58. The van der Waals surface area contributed by atoms with Crippen LogP contribution in [0.15, 0.2) is 29.6 Å². The summed E-state index contributed by atoms with van der Waals surface area (Å²) in [5, 5.41) is 3.02. The number of aromatic nitrogens is 1. The second-order valence-electron chi connectivity index (χ2n) is 5.07. The van der Waals surface area contributed by atoms with Crippen LogP contribution in [0.5, 0.6) is 5.75 Å². The highest BCUT2D eigenvalue weighted by Gasteiger charge is 2.06. The van der Waals surface area contributed by atoms with Gasteiger partial charge in [-0.25, -0.2) is 9.37 Å². The van der Waals surface area contributed by atoms with Gasteiger partial charge < -0.3 is 9.64 Å². The van der Waals surface area contributed by atoms with Crippen molar-refractivity contribution in [3.05, 3.63) is 46.2 Å². The molecule has 0 aliphatic carbocycles. The smallest absolute Gasteiger partial charge is 0.140 e. The lowest BCUT2D eigenvalue weighted by atomic mass is 10.3. The Morgan fingerprint density at radius 1 is 1.29 bits per heavy atom. The van der Waals surface area contributed by atoms with Crippen molar-refractivity contribution in [2.75, 3.05) is 13.6 Å². The van der Waals surface area contributed by atoms with E-state index in [9.17, 15) is 4.39 Å². The number of unbranched alkanes of at least 4 members (excludes halogenated alkanes) is 1. The van der Waals surface area contributed by atoms with E-state index in [0.29, 0.717) is 12.4 Å². The van der Waals surface area contributed by atoms with E-state index in [1.165, 1.54) is 25.0 Å². The average molecular weight is 308 g/mol. The molecular formula is C16H21FN2OS. The van der Waals surface area contributed by atoms with Crippen LogP contribution < -0.4 is 4.74 Å². The van der Waals surface area contributed by atoms with Gasteiger partial charge in [-0.3, -0.25) is 0 Å². The number of thiazole rings is 1. The van der Waals surface area contributed by atoms with Crippen molar-refractivity contribution in [2.45, 2.75) is 32.9 Å². The number of ether oxygens (including phenoxy) is 1. The summed E-state index contributed by atoms with van der Waals surface area (Å²) >= 11 is 1.60. The lowest BCUT2D eigenvalue weighted by molar-refractivity contribution is 0.301. The minimum absolute atomic E-state index is 0.256. The summed E-state index contributed by atoms with van der Waals surface area (Å²) in [5.74, 6) is 0.405. The maximum Gasteiger partial charge on any atom is 0.140 e. The van der Waals surface area contributed by atoms with E-state index in [1.807, 2.05) is 0 Å². The molecule has 21 heavy (non-hydrogen) atoms. The monoisotopic (exact) mass is 308 g/mol. The summed E-state index contributed by atoms with van der Waals surface area (Å²) < 4.78 is 18.4. The van der Waals surface area contributed by atoms with E-state index < -0.39 is 0 Å². The van der Waals surface area contributed by atoms with Crippen molar-refractivity contribution in [3.63, 3.8) is 0 Å². The quantitative estimate of drug-likeness (QED) is 0.734. The Kier molecular flexibility index (Phi) is 6.14. The molecule has 0 spiro atoms. The van der Waals surface area contributed by atoms with E-state index in [0.717, 1.165) is 23.8 Å². The lowest BCUT2D eigenvalue weighted by Gasteiger charge is -2.14.